The molecule has 0 bridgehead atoms. The molecule has 1 rings (SSSR count). The lowest BCUT2D eigenvalue weighted by molar-refractivity contribution is -0.120. The van der Waals surface area contributed by atoms with Gasteiger partial charge in [-0.1, -0.05) is 17.7 Å². The van der Waals surface area contributed by atoms with Gasteiger partial charge in [0.25, 0.3) is 5.91 Å². The van der Waals surface area contributed by atoms with Crippen molar-refractivity contribution in [1.29, 1.82) is 0 Å². The molecule has 88 valence electrons. The number of carbonyl (C=O) groups excluding carboxylic acids is 1. The zero-order valence-corrected chi connectivity index (χ0v) is 9.91. The van der Waals surface area contributed by atoms with Crippen molar-refractivity contribution in [3.05, 3.63) is 29.8 Å². The molecular weight excluding hydrogens is 228 g/mol. The fourth-order valence-electron chi connectivity index (χ4n) is 1.19. The summed E-state index contributed by atoms with van der Waals surface area (Å²) in [5.41, 5.74) is 2.79. The van der Waals surface area contributed by atoms with Gasteiger partial charge in [-0.3, -0.25) is 10.2 Å². The quantitative estimate of drug-likeness (QED) is 0.448. The van der Waals surface area contributed by atoms with Crippen molar-refractivity contribution in [3.63, 3.8) is 0 Å². The number of nitrogens with two attached hydrogens (primary N) is 1. The number of carbonyl (C=O) groups is 1. The van der Waals surface area contributed by atoms with Crippen molar-refractivity contribution in [1.82, 2.24) is 5.43 Å². The summed E-state index contributed by atoms with van der Waals surface area (Å²) < 4.78 is 23.9. The van der Waals surface area contributed by atoms with Gasteiger partial charge in [0.2, 0.25) is 0 Å². The Hall–Kier alpha value is -1.40. The number of benzene rings is 1. The minimum atomic E-state index is -3.66. The average molecular weight is 242 g/mol. The highest BCUT2D eigenvalue weighted by Gasteiger charge is 2.28. The molecule has 0 aliphatic rings. The molecule has 0 saturated heterocycles. The van der Waals surface area contributed by atoms with Gasteiger partial charge in [0.05, 0.1) is 4.90 Å². The van der Waals surface area contributed by atoms with E-state index in [4.69, 9.17) is 5.84 Å². The van der Waals surface area contributed by atoms with E-state index < -0.39 is 21.0 Å². The van der Waals surface area contributed by atoms with Crippen molar-refractivity contribution in [2.24, 2.45) is 5.84 Å². The summed E-state index contributed by atoms with van der Waals surface area (Å²) >= 11 is 0. The lowest BCUT2D eigenvalue weighted by Gasteiger charge is -2.11. The highest BCUT2D eigenvalue weighted by Crippen LogP contribution is 2.16. The van der Waals surface area contributed by atoms with Crippen LogP contribution in [0.5, 0.6) is 0 Å². The Morgan fingerprint density at radius 1 is 1.31 bits per heavy atom. The van der Waals surface area contributed by atoms with Gasteiger partial charge in [0, 0.05) is 0 Å². The Kier molecular flexibility index (Phi) is 3.66. The van der Waals surface area contributed by atoms with Crippen molar-refractivity contribution >= 4 is 15.7 Å². The van der Waals surface area contributed by atoms with Gasteiger partial charge in [-0.05, 0) is 26.0 Å². The number of hydrogen-bond acceptors (Lipinski definition) is 4. The number of sulfone groups is 1. The van der Waals surface area contributed by atoms with E-state index in [0.29, 0.717) is 0 Å². The van der Waals surface area contributed by atoms with Crippen LogP contribution in [0.1, 0.15) is 12.5 Å². The Labute approximate surface area is 94.5 Å². The molecule has 0 aliphatic heterocycles. The summed E-state index contributed by atoms with van der Waals surface area (Å²) in [6, 6.07) is 6.32. The number of amides is 1. The number of rotatable bonds is 3. The summed E-state index contributed by atoms with van der Waals surface area (Å²) in [4.78, 5) is 11.3. The van der Waals surface area contributed by atoms with E-state index >= 15 is 0 Å². The Balaban J connectivity index is 3.12. The van der Waals surface area contributed by atoms with E-state index in [-0.39, 0.29) is 4.90 Å². The third kappa shape index (κ3) is 2.40. The van der Waals surface area contributed by atoms with Crippen molar-refractivity contribution in [2.45, 2.75) is 24.0 Å². The van der Waals surface area contributed by atoms with Crippen LogP contribution in [-0.2, 0) is 14.6 Å². The molecule has 0 radical (unpaired) electrons. The molecule has 1 atom stereocenters. The molecule has 1 aromatic carbocycles. The standard InChI is InChI=1S/C10H14N2O3S/c1-7-3-5-9(6-4-7)16(14,15)8(2)10(13)12-11/h3-6,8H,11H2,1-2H3,(H,12,13)/t8-/m1/s1. The van der Waals surface area contributed by atoms with Crippen LogP contribution in [0.3, 0.4) is 0 Å². The normalized spacial score (nSPS) is 13.2. The summed E-state index contributed by atoms with van der Waals surface area (Å²) in [5.74, 6) is 4.19. The highest BCUT2D eigenvalue weighted by atomic mass is 32.2. The predicted molar refractivity (Wildman–Crippen MR) is 60.2 cm³/mol. The maximum atomic E-state index is 11.9. The molecular formula is C10H14N2O3S. The van der Waals surface area contributed by atoms with Gasteiger partial charge in [-0.15, -0.1) is 0 Å². The Morgan fingerprint density at radius 2 is 1.81 bits per heavy atom. The van der Waals surface area contributed by atoms with Crippen LogP contribution in [0.2, 0.25) is 0 Å². The lowest BCUT2D eigenvalue weighted by atomic mass is 10.2. The SMILES string of the molecule is Cc1ccc(S(=O)(=O)[C@H](C)C(=O)NN)cc1. The summed E-state index contributed by atoms with van der Waals surface area (Å²) in [6.07, 6.45) is 0. The van der Waals surface area contributed by atoms with Crippen LogP contribution in [0.15, 0.2) is 29.2 Å². The Bertz CT molecular complexity index is 479. The molecule has 1 aromatic rings. The number of hydrogen-bond donors (Lipinski definition) is 2. The molecule has 0 aliphatic carbocycles. The van der Waals surface area contributed by atoms with Gasteiger partial charge in [0.15, 0.2) is 9.84 Å². The van der Waals surface area contributed by atoms with Crippen LogP contribution in [-0.4, -0.2) is 19.6 Å². The minimum Gasteiger partial charge on any atom is -0.293 e. The molecule has 6 heteroatoms. The Morgan fingerprint density at radius 3 is 2.25 bits per heavy atom. The lowest BCUT2D eigenvalue weighted by Crippen LogP contribution is -2.41. The molecule has 0 heterocycles. The monoisotopic (exact) mass is 242 g/mol. The van der Waals surface area contributed by atoms with Crippen LogP contribution < -0.4 is 11.3 Å². The van der Waals surface area contributed by atoms with Gasteiger partial charge in [-0.25, -0.2) is 14.3 Å². The third-order valence-electron chi connectivity index (χ3n) is 2.33. The highest BCUT2D eigenvalue weighted by molar-refractivity contribution is 7.92. The molecule has 0 saturated carbocycles. The predicted octanol–water partition coefficient (Wildman–Crippen LogP) is 0.147. The smallest absolute Gasteiger partial charge is 0.252 e. The van der Waals surface area contributed by atoms with E-state index in [9.17, 15) is 13.2 Å². The minimum absolute atomic E-state index is 0.120. The first-order valence-corrected chi connectivity index (χ1v) is 6.25. The largest absolute Gasteiger partial charge is 0.293 e. The van der Waals surface area contributed by atoms with E-state index in [1.54, 1.807) is 12.1 Å². The topological polar surface area (TPSA) is 89.3 Å². The van der Waals surface area contributed by atoms with E-state index in [1.807, 2.05) is 12.3 Å². The van der Waals surface area contributed by atoms with Crippen LogP contribution in [0.25, 0.3) is 0 Å². The van der Waals surface area contributed by atoms with E-state index in [0.717, 1.165) is 5.56 Å². The molecule has 0 spiro atoms. The first-order valence-electron chi connectivity index (χ1n) is 4.70. The number of aryl methyl sites for hydroxylation is 1. The molecule has 1 amide bonds. The summed E-state index contributed by atoms with van der Waals surface area (Å²) in [5, 5.41) is -1.19. The second-order valence-corrected chi connectivity index (χ2v) is 5.78. The van der Waals surface area contributed by atoms with Gasteiger partial charge in [0.1, 0.15) is 5.25 Å². The number of nitrogens with one attached hydrogen (secondary N) is 1. The maximum absolute atomic E-state index is 11.9. The fourth-order valence-corrected chi connectivity index (χ4v) is 2.46. The van der Waals surface area contributed by atoms with E-state index in [2.05, 4.69) is 0 Å². The van der Waals surface area contributed by atoms with Crippen molar-refractivity contribution in [2.75, 3.05) is 0 Å². The van der Waals surface area contributed by atoms with Gasteiger partial charge in [-0.2, -0.15) is 0 Å². The second kappa shape index (κ2) is 4.63. The number of hydrazine groups is 1. The zero-order valence-electron chi connectivity index (χ0n) is 9.10. The first-order chi connectivity index (χ1) is 7.39. The van der Waals surface area contributed by atoms with Gasteiger partial charge >= 0.3 is 0 Å². The summed E-state index contributed by atoms with van der Waals surface area (Å²) in [7, 11) is -3.66. The average Bonchev–Trinajstić information content (AvgIpc) is 2.27. The molecule has 5 nitrogen and oxygen atoms in total. The maximum Gasteiger partial charge on any atom is 0.252 e. The fraction of sp³-hybridized carbons (Fsp3) is 0.300. The first kappa shape index (κ1) is 12.7. The van der Waals surface area contributed by atoms with Crippen LogP contribution in [0, 0.1) is 6.92 Å². The van der Waals surface area contributed by atoms with Crippen molar-refractivity contribution < 1.29 is 13.2 Å². The van der Waals surface area contributed by atoms with Crippen LogP contribution >= 0.6 is 0 Å². The molecule has 0 fully saturated rings. The third-order valence-corrected chi connectivity index (χ3v) is 4.40. The molecule has 16 heavy (non-hydrogen) atoms. The zero-order chi connectivity index (χ0) is 12.3. The van der Waals surface area contributed by atoms with Gasteiger partial charge < -0.3 is 0 Å². The molecule has 3 N–H and O–H groups in total. The molecule has 0 unspecified atom stereocenters. The molecule has 0 aromatic heterocycles. The van der Waals surface area contributed by atoms with E-state index in [1.165, 1.54) is 19.1 Å². The van der Waals surface area contributed by atoms with Crippen molar-refractivity contribution in [3.8, 4) is 0 Å². The van der Waals surface area contributed by atoms with Crippen LogP contribution in [0.4, 0.5) is 0 Å². The second-order valence-electron chi connectivity index (χ2n) is 3.51. The summed E-state index contributed by atoms with van der Waals surface area (Å²) in [6.45, 7) is 3.16.